The highest BCUT2D eigenvalue weighted by molar-refractivity contribution is 5.82. The maximum Gasteiger partial charge on any atom is 0.227 e. The molecule has 0 aromatic heterocycles. The Kier molecular flexibility index (Phi) is 5.04. The Balaban J connectivity index is 1.85. The van der Waals surface area contributed by atoms with E-state index < -0.39 is 0 Å². The number of carbonyl (C=O) groups is 1. The SMILES string of the molecule is CC1(C(=O)NCC(C)(C)N2CCOCC2)CCCNC1. The van der Waals surface area contributed by atoms with E-state index >= 15 is 0 Å². The topological polar surface area (TPSA) is 53.6 Å². The molecule has 2 N–H and O–H groups in total. The normalized spacial score (nSPS) is 29.1. The highest BCUT2D eigenvalue weighted by atomic mass is 16.5. The monoisotopic (exact) mass is 283 g/mol. The molecule has 1 unspecified atom stereocenters. The molecular weight excluding hydrogens is 254 g/mol. The van der Waals surface area contributed by atoms with E-state index in [2.05, 4.69) is 36.3 Å². The van der Waals surface area contributed by atoms with Gasteiger partial charge < -0.3 is 15.4 Å². The average Bonchev–Trinajstić information content (AvgIpc) is 2.46. The first-order chi connectivity index (χ1) is 9.44. The van der Waals surface area contributed by atoms with Gasteiger partial charge in [-0.25, -0.2) is 0 Å². The molecule has 0 aliphatic carbocycles. The molecule has 2 saturated heterocycles. The van der Waals surface area contributed by atoms with Gasteiger partial charge in [0.25, 0.3) is 0 Å². The number of hydrogen-bond donors (Lipinski definition) is 2. The third-order valence-corrected chi connectivity index (χ3v) is 4.69. The Morgan fingerprint density at radius 2 is 2.10 bits per heavy atom. The molecule has 0 aromatic carbocycles. The number of nitrogens with one attached hydrogen (secondary N) is 2. The summed E-state index contributed by atoms with van der Waals surface area (Å²) in [4.78, 5) is 14.9. The molecule has 0 spiro atoms. The number of morpholine rings is 1. The van der Waals surface area contributed by atoms with Crippen LogP contribution in [0, 0.1) is 5.41 Å². The van der Waals surface area contributed by atoms with Crippen molar-refractivity contribution in [2.45, 2.75) is 39.2 Å². The van der Waals surface area contributed by atoms with E-state index in [4.69, 9.17) is 4.74 Å². The Morgan fingerprint density at radius 3 is 2.70 bits per heavy atom. The van der Waals surface area contributed by atoms with Crippen molar-refractivity contribution in [3.05, 3.63) is 0 Å². The summed E-state index contributed by atoms with van der Waals surface area (Å²) in [5.74, 6) is 0.186. The Morgan fingerprint density at radius 1 is 1.40 bits per heavy atom. The molecule has 1 atom stereocenters. The summed E-state index contributed by atoms with van der Waals surface area (Å²) in [6.07, 6.45) is 2.06. The summed E-state index contributed by atoms with van der Waals surface area (Å²) in [6, 6.07) is 0. The van der Waals surface area contributed by atoms with Crippen LogP contribution in [0.25, 0.3) is 0 Å². The molecule has 1 amide bonds. The van der Waals surface area contributed by atoms with Gasteiger partial charge in [0.05, 0.1) is 18.6 Å². The van der Waals surface area contributed by atoms with Crippen molar-refractivity contribution in [2.75, 3.05) is 45.9 Å². The molecule has 0 radical (unpaired) electrons. The molecule has 2 rings (SSSR count). The third-order valence-electron chi connectivity index (χ3n) is 4.69. The van der Waals surface area contributed by atoms with Crippen molar-refractivity contribution in [3.8, 4) is 0 Å². The summed E-state index contributed by atoms with van der Waals surface area (Å²) >= 11 is 0. The van der Waals surface area contributed by atoms with Crippen LogP contribution in [-0.4, -0.2) is 62.3 Å². The van der Waals surface area contributed by atoms with E-state index in [0.717, 1.165) is 52.2 Å². The van der Waals surface area contributed by atoms with Gasteiger partial charge in [-0.1, -0.05) is 0 Å². The lowest BCUT2D eigenvalue weighted by Gasteiger charge is -2.42. The summed E-state index contributed by atoms with van der Waals surface area (Å²) in [7, 11) is 0. The largest absolute Gasteiger partial charge is 0.379 e. The van der Waals surface area contributed by atoms with Crippen molar-refractivity contribution < 1.29 is 9.53 Å². The van der Waals surface area contributed by atoms with Gasteiger partial charge in [-0.3, -0.25) is 9.69 Å². The molecular formula is C15H29N3O2. The predicted octanol–water partition coefficient (Wildman–Crippen LogP) is 0.603. The van der Waals surface area contributed by atoms with E-state index in [9.17, 15) is 4.79 Å². The van der Waals surface area contributed by atoms with E-state index in [1.165, 1.54) is 0 Å². The van der Waals surface area contributed by atoms with E-state index in [0.29, 0.717) is 6.54 Å². The van der Waals surface area contributed by atoms with Gasteiger partial charge in [-0.15, -0.1) is 0 Å². The fourth-order valence-corrected chi connectivity index (χ4v) is 3.04. The van der Waals surface area contributed by atoms with Crippen LogP contribution in [0.4, 0.5) is 0 Å². The van der Waals surface area contributed by atoms with Crippen molar-refractivity contribution in [3.63, 3.8) is 0 Å². The Labute approximate surface area is 122 Å². The van der Waals surface area contributed by atoms with Crippen molar-refractivity contribution >= 4 is 5.91 Å². The second kappa shape index (κ2) is 6.41. The van der Waals surface area contributed by atoms with Crippen LogP contribution in [0.2, 0.25) is 0 Å². The predicted molar refractivity (Wildman–Crippen MR) is 79.7 cm³/mol. The van der Waals surface area contributed by atoms with Crippen molar-refractivity contribution in [1.82, 2.24) is 15.5 Å². The number of carbonyl (C=O) groups excluding carboxylic acids is 1. The van der Waals surface area contributed by atoms with E-state index in [-0.39, 0.29) is 16.9 Å². The summed E-state index contributed by atoms with van der Waals surface area (Å²) in [6.45, 7) is 12.4. The lowest BCUT2D eigenvalue weighted by atomic mass is 9.81. The molecule has 0 saturated carbocycles. The molecule has 5 heteroatoms. The number of rotatable bonds is 4. The van der Waals surface area contributed by atoms with E-state index in [1.807, 2.05) is 0 Å². The number of hydrogen-bond acceptors (Lipinski definition) is 4. The minimum absolute atomic E-state index is 0.0160. The molecule has 0 aromatic rings. The minimum atomic E-state index is -0.251. The number of piperidine rings is 1. The fraction of sp³-hybridized carbons (Fsp3) is 0.933. The van der Waals surface area contributed by atoms with Gasteiger partial charge in [-0.05, 0) is 40.2 Å². The summed E-state index contributed by atoms with van der Waals surface area (Å²) < 4.78 is 5.39. The van der Waals surface area contributed by atoms with Crippen LogP contribution in [-0.2, 0) is 9.53 Å². The highest BCUT2D eigenvalue weighted by Crippen LogP contribution is 2.26. The van der Waals surface area contributed by atoms with Crippen LogP contribution in [0.15, 0.2) is 0 Å². The zero-order chi connectivity index (χ0) is 14.6. The average molecular weight is 283 g/mol. The molecule has 20 heavy (non-hydrogen) atoms. The zero-order valence-corrected chi connectivity index (χ0v) is 13.1. The highest BCUT2D eigenvalue weighted by Gasteiger charge is 2.36. The molecule has 0 bridgehead atoms. The van der Waals surface area contributed by atoms with Crippen LogP contribution >= 0.6 is 0 Å². The molecule has 2 aliphatic heterocycles. The van der Waals surface area contributed by atoms with Crippen LogP contribution in [0.3, 0.4) is 0 Å². The number of nitrogens with zero attached hydrogens (tertiary/aromatic N) is 1. The van der Waals surface area contributed by atoms with Gasteiger partial charge in [0.2, 0.25) is 5.91 Å². The molecule has 2 fully saturated rings. The first kappa shape index (κ1) is 15.7. The van der Waals surface area contributed by atoms with Crippen molar-refractivity contribution in [2.24, 2.45) is 5.41 Å². The maximum atomic E-state index is 12.5. The van der Waals surface area contributed by atoms with Gasteiger partial charge in [0, 0.05) is 31.7 Å². The van der Waals surface area contributed by atoms with Gasteiger partial charge in [-0.2, -0.15) is 0 Å². The first-order valence-electron chi connectivity index (χ1n) is 7.76. The van der Waals surface area contributed by atoms with Gasteiger partial charge in [0.15, 0.2) is 0 Å². The number of ether oxygens (including phenoxy) is 1. The lowest BCUT2D eigenvalue weighted by Crippen LogP contribution is -2.57. The zero-order valence-electron chi connectivity index (χ0n) is 13.1. The smallest absolute Gasteiger partial charge is 0.227 e. The maximum absolute atomic E-state index is 12.5. The molecule has 5 nitrogen and oxygen atoms in total. The van der Waals surface area contributed by atoms with Gasteiger partial charge >= 0.3 is 0 Å². The third kappa shape index (κ3) is 3.71. The fourth-order valence-electron chi connectivity index (χ4n) is 3.04. The van der Waals surface area contributed by atoms with Crippen molar-refractivity contribution in [1.29, 1.82) is 0 Å². The molecule has 2 heterocycles. The minimum Gasteiger partial charge on any atom is -0.379 e. The second-order valence-electron chi connectivity index (χ2n) is 6.94. The van der Waals surface area contributed by atoms with Crippen LogP contribution < -0.4 is 10.6 Å². The van der Waals surface area contributed by atoms with Gasteiger partial charge in [0.1, 0.15) is 0 Å². The molecule has 2 aliphatic rings. The van der Waals surface area contributed by atoms with Crippen LogP contribution in [0.5, 0.6) is 0 Å². The summed E-state index contributed by atoms with van der Waals surface area (Å²) in [5, 5.41) is 6.50. The lowest BCUT2D eigenvalue weighted by molar-refractivity contribution is -0.131. The molecule has 116 valence electrons. The summed E-state index contributed by atoms with van der Waals surface area (Å²) in [5.41, 5.74) is -0.267. The van der Waals surface area contributed by atoms with E-state index in [1.54, 1.807) is 0 Å². The Hall–Kier alpha value is -0.650. The second-order valence-corrected chi connectivity index (χ2v) is 6.94. The van der Waals surface area contributed by atoms with Crippen LogP contribution in [0.1, 0.15) is 33.6 Å². The Bertz CT molecular complexity index is 332. The first-order valence-corrected chi connectivity index (χ1v) is 7.76. The standard InChI is InChI=1S/C15H29N3O2/c1-14(2,18-7-9-20-10-8-18)11-17-13(19)15(3)5-4-6-16-12-15/h16H,4-12H2,1-3H3,(H,17,19). The quantitative estimate of drug-likeness (QED) is 0.793. The number of amides is 1.